The maximum absolute atomic E-state index is 10.4. The molecule has 1 heterocycles. The monoisotopic (exact) mass is 224 g/mol. The molecule has 0 amide bonds. The van der Waals surface area contributed by atoms with Crippen LogP contribution in [-0.4, -0.2) is 27.7 Å². The third-order valence-corrected chi connectivity index (χ3v) is 2.20. The number of aromatic nitrogens is 2. The van der Waals surface area contributed by atoms with Gasteiger partial charge in [0.1, 0.15) is 12.4 Å². The molecule has 1 aromatic rings. The number of carbonyl (C=O) groups is 1. The van der Waals surface area contributed by atoms with Crippen molar-refractivity contribution in [2.75, 3.05) is 6.61 Å². The Kier molecular flexibility index (Phi) is 4.22. The maximum Gasteiger partial charge on any atom is 0.306 e. The third-order valence-electron chi connectivity index (χ3n) is 2.20. The van der Waals surface area contributed by atoms with E-state index in [9.17, 15) is 4.79 Å². The lowest BCUT2D eigenvalue weighted by Crippen LogP contribution is -2.09. The minimum atomic E-state index is -0.876. The van der Waals surface area contributed by atoms with E-state index in [-0.39, 0.29) is 13.0 Å². The number of carboxylic acid groups (broad SMARTS) is 1. The molecule has 0 radical (unpaired) electrons. The van der Waals surface area contributed by atoms with Crippen molar-refractivity contribution in [1.29, 1.82) is 0 Å². The van der Waals surface area contributed by atoms with E-state index in [0.717, 1.165) is 17.7 Å². The highest BCUT2D eigenvalue weighted by molar-refractivity contribution is 5.66. The van der Waals surface area contributed by atoms with Crippen LogP contribution in [0.4, 0.5) is 0 Å². The zero-order valence-electron chi connectivity index (χ0n) is 9.78. The normalized spacial score (nSPS) is 10.2. The molecule has 0 spiro atoms. The van der Waals surface area contributed by atoms with Gasteiger partial charge in [-0.25, -0.2) is 4.98 Å². The number of aryl methyl sites for hydroxylation is 2. The van der Waals surface area contributed by atoms with Gasteiger partial charge < -0.3 is 9.84 Å². The van der Waals surface area contributed by atoms with E-state index in [4.69, 9.17) is 9.84 Å². The predicted octanol–water partition coefficient (Wildman–Crippen LogP) is 1.51. The standard InChI is InChI=1S/C11H16N2O3/c1-4-9-7(2)11(13-8(3)12-9)16-6-5-10(14)15/h4-6H2,1-3H3,(H,14,15). The van der Waals surface area contributed by atoms with Crippen LogP contribution in [0.25, 0.3) is 0 Å². The number of rotatable bonds is 5. The van der Waals surface area contributed by atoms with Crippen molar-refractivity contribution in [2.24, 2.45) is 0 Å². The molecule has 0 atom stereocenters. The van der Waals surface area contributed by atoms with Crippen LogP contribution in [0.3, 0.4) is 0 Å². The largest absolute Gasteiger partial charge is 0.481 e. The summed E-state index contributed by atoms with van der Waals surface area (Å²) in [5.74, 6) is 0.262. The van der Waals surface area contributed by atoms with Gasteiger partial charge in [-0.3, -0.25) is 4.79 Å². The maximum atomic E-state index is 10.4. The van der Waals surface area contributed by atoms with Crippen LogP contribution in [0.2, 0.25) is 0 Å². The highest BCUT2D eigenvalue weighted by atomic mass is 16.5. The van der Waals surface area contributed by atoms with Gasteiger partial charge in [-0.15, -0.1) is 0 Å². The summed E-state index contributed by atoms with van der Waals surface area (Å²) in [6, 6.07) is 0. The van der Waals surface area contributed by atoms with Crippen molar-refractivity contribution >= 4 is 5.97 Å². The lowest BCUT2D eigenvalue weighted by atomic mass is 10.2. The van der Waals surface area contributed by atoms with Crippen molar-refractivity contribution in [1.82, 2.24) is 9.97 Å². The van der Waals surface area contributed by atoms with Gasteiger partial charge in [-0.1, -0.05) is 6.92 Å². The molecule has 5 nitrogen and oxygen atoms in total. The minimum absolute atomic E-state index is 0.0239. The van der Waals surface area contributed by atoms with E-state index < -0.39 is 5.97 Å². The van der Waals surface area contributed by atoms with Crippen LogP contribution in [0.1, 0.15) is 30.4 Å². The average molecular weight is 224 g/mol. The summed E-state index contributed by atoms with van der Waals surface area (Å²) in [7, 11) is 0. The average Bonchev–Trinajstić information content (AvgIpc) is 2.22. The van der Waals surface area contributed by atoms with Gasteiger partial charge in [0, 0.05) is 5.56 Å². The Morgan fingerprint density at radius 2 is 2.06 bits per heavy atom. The first-order chi connectivity index (χ1) is 7.54. The summed E-state index contributed by atoms with van der Waals surface area (Å²) < 4.78 is 5.34. The van der Waals surface area contributed by atoms with Crippen molar-refractivity contribution in [2.45, 2.75) is 33.6 Å². The van der Waals surface area contributed by atoms with E-state index in [1.807, 2.05) is 13.8 Å². The molecule has 0 unspecified atom stereocenters. The first kappa shape index (κ1) is 12.4. The highest BCUT2D eigenvalue weighted by Gasteiger charge is 2.09. The first-order valence-electron chi connectivity index (χ1n) is 5.23. The second-order valence-electron chi connectivity index (χ2n) is 3.49. The van der Waals surface area contributed by atoms with E-state index >= 15 is 0 Å². The van der Waals surface area contributed by atoms with Crippen molar-refractivity contribution < 1.29 is 14.6 Å². The first-order valence-corrected chi connectivity index (χ1v) is 5.23. The fraction of sp³-hybridized carbons (Fsp3) is 0.545. The molecule has 0 fully saturated rings. The number of carboxylic acids is 1. The zero-order valence-corrected chi connectivity index (χ0v) is 9.78. The number of hydrogen-bond acceptors (Lipinski definition) is 4. The smallest absolute Gasteiger partial charge is 0.306 e. The minimum Gasteiger partial charge on any atom is -0.481 e. The molecule has 1 aromatic heterocycles. The Balaban J connectivity index is 2.78. The molecule has 1 N–H and O–H groups in total. The molecule has 88 valence electrons. The van der Waals surface area contributed by atoms with Crippen LogP contribution in [0.15, 0.2) is 0 Å². The molecule has 0 aliphatic carbocycles. The van der Waals surface area contributed by atoms with Gasteiger partial charge in [0.15, 0.2) is 0 Å². The molecule has 0 aliphatic rings. The van der Waals surface area contributed by atoms with Gasteiger partial charge in [0.05, 0.1) is 12.1 Å². The van der Waals surface area contributed by atoms with Crippen LogP contribution >= 0.6 is 0 Å². The Bertz CT molecular complexity index is 391. The van der Waals surface area contributed by atoms with Crippen LogP contribution in [0, 0.1) is 13.8 Å². The summed E-state index contributed by atoms with van der Waals surface area (Å²) in [4.78, 5) is 18.8. The number of ether oxygens (including phenoxy) is 1. The molecule has 0 aliphatic heterocycles. The molecule has 0 saturated heterocycles. The second-order valence-corrected chi connectivity index (χ2v) is 3.49. The van der Waals surface area contributed by atoms with Crippen LogP contribution in [-0.2, 0) is 11.2 Å². The second kappa shape index (κ2) is 5.44. The summed E-state index contributed by atoms with van der Waals surface area (Å²) in [6.07, 6.45) is 0.786. The summed E-state index contributed by atoms with van der Waals surface area (Å²) >= 11 is 0. The van der Waals surface area contributed by atoms with Gasteiger partial charge in [0.25, 0.3) is 0 Å². The zero-order chi connectivity index (χ0) is 12.1. The fourth-order valence-corrected chi connectivity index (χ4v) is 1.38. The summed E-state index contributed by atoms with van der Waals surface area (Å²) in [5, 5.41) is 8.50. The SMILES string of the molecule is CCc1nc(C)nc(OCCC(=O)O)c1C. The molecular weight excluding hydrogens is 208 g/mol. The van der Waals surface area contributed by atoms with Crippen molar-refractivity contribution in [3.8, 4) is 5.88 Å². The topological polar surface area (TPSA) is 72.3 Å². The Labute approximate surface area is 94.5 Å². The molecule has 0 bridgehead atoms. The molecule has 5 heteroatoms. The predicted molar refractivity (Wildman–Crippen MR) is 58.6 cm³/mol. The van der Waals surface area contributed by atoms with E-state index in [0.29, 0.717) is 11.7 Å². The Morgan fingerprint density at radius 3 is 2.62 bits per heavy atom. The Morgan fingerprint density at radius 1 is 1.38 bits per heavy atom. The van der Waals surface area contributed by atoms with Gasteiger partial charge >= 0.3 is 5.97 Å². The number of aliphatic carboxylic acids is 1. The highest BCUT2D eigenvalue weighted by Crippen LogP contribution is 2.18. The molecular formula is C11H16N2O3. The molecule has 0 aromatic carbocycles. The van der Waals surface area contributed by atoms with E-state index in [1.54, 1.807) is 6.92 Å². The number of hydrogen-bond donors (Lipinski definition) is 1. The van der Waals surface area contributed by atoms with Gasteiger partial charge in [0.2, 0.25) is 5.88 Å². The quantitative estimate of drug-likeness (QED) is 0.820. The van der Waals surface area contributed by atoms with Crippen molar-refractivity contribution in [3.63, 3.8) is 0 Å². The lowest BCUT2D eigenvalue weighted by molar-refractivity contribution is -0.137. The fourth-order valence-electron chi connectivity index (χ4n) is 1.38. The van der Waals surface area contributed by atoms with Crippen LogP contribution < -0.4 is 4.74 Å². The Hall–Kier alpha value is -1.65. The molecule has 1 rings (SSSR count). The van der Waals surface area contributed by atoms with Gasteiger partial charge in [-0.2, -0.15) is 4.98 Å². The van der Waals surface area contributed by atoms with E-state index in [2.05, 4.69) is 9.97 Å². The van der Waals surface area contributed by atoms with Crippen molar-refractivity contribution in [3.05, 3.63) is 17.1 Å². The summed E-state index contributed by atoms with van der Waals surface area (Å²) in [6.45, 7) is 5.82. The van der Waals surface area contributed by atoms with Crippen LogP contribution in [0.5, 0.6) is 5.88 Å². The van der Waals surface area contributed by atoms with E-state index in [1.165, 1.54) is 0 Å². The third kappa shape index (κ3) is 3.18. The van der Waals surface area contributed by atoms with Gasteiger partial charge in [-0.05, 0) is 20.3 Å². The molecule has 16 heavy (non-hydrogen) atoms. The number of nitrogens with zero attached hydrogens (tertiary/aromatic N) is 2. The molecule has 0 saturated carbocycles. The lowest BCUT2D eigenvalue weighted by Gasteiger charge is -2.10. The summed E-state index contributed by atoms with van der Waals surface area (Å²) in [5.41, 5.74) is 1.83.